The number of amides is 2. The van der Waals surface area contributed by atoms with Gasteiger partial charge in [0.15, 0.2) is 0 Å². The van der Waals surface area contributed by atoms with Crippen molar-refractivity contribution in [2.24, 2.45) is 0 Å². The van der Waals surface area contributed by atoms with Gasteiger partial charge in [0.2, 0.25) is 11.8 Å². The highest BCUT2D eigenvalue weighted by atomic mass is 19.1. The summed E-state index contributed by atoms with van der Waals surface area (Å²) in [4.78, 5) is 23.6. The van der Waals surface area contributed by atoms with Crippen LogP contribution in [0.25, 0.3) is 0 Å². The van der Waals surface area contributed by atoms with Gasteiger partial charge in [-0.2, -0.15) is 0 Å². The highest BCUT2D eigenvalue weighted by molar-refractivity contribution is 5.88. The SMILES string of the molecule is O=C1CCC[C@H](C(=O)N[C@@H]2CCCc3c(F)cc(F)cc32)N1. The number of benzene rings is 1. The first-order chi connectivity index (χ1) is 10.5. The second-order valence-corrected chi connectivity index (χ2v) is 5.92. The zero-order valence-corrected chi connectivity index (χ0v) is 12.1. The van der Waals surface area contributed by atoms with Crippen molar-refractivity contribution in [3.63, 3.8) is 0 Å². The summed E-state index contributed by atoms with van der Waals surface area (Å²) in [6.07, 6.45) is 3.63. The molecule has 1 saturated heterocycles. The van der Waals surface area contributed by atoms with E-state index in [1.54, 1.807) is 0 Å². The fourth-order valence-corrected chi connectivity index (χ4v) is 3.26. The molecular weight excluding hydrogens is 290 g/mol. The Morgan fingerprint density at radius 3 is 2.73 bits per heavy atom. The Balaban J connectivity index is 1.77. The third-order valence-corrected chi connectivity index (χ3v) is 4.35. The van der Waals surface area contributed by atoms with Crippen LogP contribution in [-0.2, 0) is 16.0 Å². The minimum absolute atomic E-state index is 0.132. The molecule has 3 rings (SSSR count). The Bertz CT molecular complexity index is 618. The number of nitrogens with one attached hydrogen (secondary N) is 2. The zero-order valence-electron chi connectivity index (χ0n) is 12.1. The summed E-state index contributed by atoms with van der Waals surface area (Å²) in [5.41, 5.74) is 0.991. The Morgan fingerprint density at radius 2 is 1.95 bits per heavy atom. The van der Waals surface area contributed by atoms with Gasteiger partial charge in [-0.05, 0) is 49.3 Å². The topological polar surface area (TPSA) is 58.2 Å². The van der Waals surface area contributed by atoms with E-state index in [0.29, 0.717) is 43.2 Å². The van der Waals surface area contributed by atoms with Crippen molar-refractivity contribution in [3.8, 4) is 0 Å². The Kier molecular flexibility index (Phi) is 4.09. The molecule has 0 spiro atoms. The number of fused-ring (bicyclic) bond motifs is 1. The maximum atomic E-state index is 13.8. The predicted molar refractivity (Wildman–Crippen MR) is 76.0 cm³/mol. The molecule has 0 unspecified atom stereocenters. The molecule has 1 aliphatic heterocycles. The van der Waals surface area contributed by atoms with E-state index in [-0.39, 0.29) is 11.8 Å². The van der Waals surface area contributed by atoms with Crippen molar-refractivity contribution in [1.29, 1.82) is 0 Å². The van der Waals surface area contributed by atoms with Crippen LogP contribution in [-0.4, -0.2) is 17.9 Å². The molecule has 6 heteroatoms. The van der Waals surface area contributed by atoms with Gasteiger partial charge in [-0.15, -0.1) is 0 Å². The lowest BCUT2D eigenvalue weighted by molar-refractivity contribution is -0.131. The third kappa shape index (κ3) is 2.96. The van der Waals surface area contributed by atoms with Crippen molar-refractivity contribution in [3.05, 3.63) is 34.9 Å². The van der Waals surface area contributed by atoms with Crippen molar-refractivity contribution < 1.29 is 18.4 Å². The highest BCUT2D eigenvalue weighted by Gasteiger charge is 2.29. The second-order valence-electron chi connectivity index (χ2n) is 5.92. The molecule has 1 aromatic carbocycles. The van der Waals surface area contributed by atoms with E-state index in [2.05, 4.69) is 10.6 Å². The largest absolute Gasteiger partial charge is 0.348 e. The van der Waals surface area contributed by atoms with Crippen LogP contribution >= 0.6 is 0 Å². The summed E-state index contributed by atoms with van der Waals surface area (Å²) in [6, 6.07) is 1.22. The Labute approximate surface area is 127 Å². The fraction of sp³-hybridized carbons (Fsp3) is 0.500. The third-order valence-electron chi connectivity index (χ3n) is 4.35. The molecular formula is C16H18F2N2O2. The summed E-state index contributed by atoms with van der Waals surface area (Å²) >= 11 is 0. The molecule has 118 valence electrons. The molecule has 4 nitrogen and oxygen atoms in total. The van der Waals surface area contributed by atoms with Crippen LogP contribution in [0, 0.1) is 11.6 Å². The molecule has 1 fully saturated rings. The molecule has 2 aliphatic rings. The van der Waals surface area contributed by atoms with E-state index >= 15 is 0 Å². The van der Waals surface area contributed by atoms with Gasteiger partial charge < -0.3 is 10.6 Å². The number of hydrogen-bond acceptors (Lipinski definition) is 2. The highest BCUT2D eigenvalue weighted by Crippen LogP contribution is 2.32. The van der Waals surface area contributed by atoms with Crippen LogP contribution in [0.3, 0.4) is 0 Å². The van der Waals surface area contributed by atoms with Crippen molar-refractivity contribution in [2.45, 2.75) is 50.6 Å². The van der Waals surface area contributed by atoms with Gasteiger partial charge in [0.25, 0.3) is 0 Å². The lowest BCUT2D eigenvalue weighted by Gasteiger charge is -2.29. The molecule has 0 radical (unpaired) electrons. The molecule has 2 atom stereocenters. The summed E-state index contributed by atoms with van der Waals surface area (Å²) in [7, 11) is 0. The van der Waals surface area contributed by atoms with Gasteiger partial charge >= 0.3 is 0 Å². The number of hydrogen-bond donors (Lipinski definition) is 2. The van der Waals surface area contributed by atoms with E-state index in [4.69, 9.17) is 0 Å². The number of rotatable bonds is 2. The fourth-order valence-electron chi connectivity index (χ4n) is 3.26. The van der Waals surface area contributed by atoms with Gasteiger partial charge in [0.1, 0.15) is 17.7 Å². The first-order valence-electron chi connectivity index (χ1n) is 7.62. The zero-order chi connectivity index (χ0) is 15.7. The normalized spacial score (nSPS) is 24.4. The molecule has 1 aromatic rings. The smallest absolute Gasteiger partial charge is 0.243 e. The molecule has 2 N–H and O–H groups in total. The van der Waals surface area contributed by atoms with Crippen molar-refractivity contribution >= 4 is 11.8 Å². The molecule has 0 aromatic heterocycles. The van der Waals surface area contributed by atoms with Crippen LogP contribution in [0.2, 0.25) is 0 Å². The van der Waals surface area contributed by atoms with Crippen LogP contribution < -0.4 is 10.6 Å². The van der Waals surface area contributed by atoms with E-state index in [0.717, 1.165) is 12.5 Å². The average molecular weight is 308 g/mol. The number of carbonyl (C=O) groups is 2. The Morgan fingerprint density at radius 1 is 1.18 bits per heavy atom. The first kappa shape index (κ1) is 14.9. The van der Waals surface area contributed by atoms with E-state index < -0.39 is 23.7 Å². The van der Waals surface area contributed by atoms with E-state index in [1.165, 1.54) is 6.07 Å². The lowest BCUT2D eigenvalue weighted by Crippen LogP contribution is -2.50. The summed E-state index contributed by atoms with van der Waals surface area (Å²) in [5, 5.41) is 5.49. The average Bonchev–Trinajstić information content (AvgIpc) is 2.48. The lowest BCUT2D eigenvalue weighted by atomic mass is 9.87. The maximum absolute atomic E-state index is 13.8. The van der Waals surface area contributed by atoms with Crippen molar-refractivity contribution in [1.82, 2.24) is 10.6 Å². The minimum Gasteiger partial charge on any atom is -0.348 e. The van der Waals surface area contributed by atoms with Crippen LogP contribution in [0.4, 0.5) is 8.78 Å². The quantitative estimate of drug-likeness (QED) is 0.879. The maximum Gasteiger partial charge on any atom is 0.243 e. The summed E-state index contributed by atoms with van der Waals surface area (Å²) in [6.45, 7) is 0. The van der Waals surface area contributed by atoms with Gasteiger partial charge in [-0.25, -0.2) is 8.78 Å². The van der Waals surface area contributed by atoms with Crippen LogP contribution in [0.15, 0.2) is 12.1 Å². The summed E-state index contributed by atoms with van der Waals surface area (Å²) < 4.78 is 27.3. The predicted octanol–water partition coefficient (Wildman–Crippen LogP) is 2.13. The minimum atomic E-state index is -0.636. The van der Waals surface area contributed by atoms with Crippen molar-refractivity contribution in [2.75, 3.05) is 0 Å². The second kappa shape index (κ2) is 6.02. The van der Waals surface area contributed by atoms with Gasteiger partial charge in [0.05, 0.1) is 6.04 Å². The number of carbonyl (C=O) groups excluding carboxylic acids is 2. The molecule has 0 saturated carbocycles. The first-order valence-corrected chi connectivity index (χ1v) is 7.62. The molecule has 2 amide bonds. The summed E-state index contributed by atoms with van der Waals surface area (Å²) in [5.74, 6) is -1.61. The van der Waals surface area contributed by atoms with Gasteiger partial charge in [-0.1, -0.05) is 0 Å². The van der Waals surface area contributed by atoms with Crippen LogP contribution in [0.1, 0.15) is 49.3 Å². The molecule has 22 heavy (non-hydrogen) atoms. The Hall–Kier alpha value is -1.98. The number of halogens is 2. The molecule has 0 bridgehead atoms. The molecule has 1 heterocycles. The number of piperidine rings is 1. The standard InChI is InChI=1S/C16H18F2N2O2/c17-9-7-11-10(12(18)8-9)3-1-4-13(11)20-16(22)14-5-2-6-15(21)19-14/h7-8,13-14H,1-6H2,(H,19,21)(H,20,22)/t13-,14-/m1/s1. The monoisotopic (exact) mass is 308 g/mol. The van der Waals surface area contributed by atoms with Gasteiger partial charge in [0, 0.05) is 12.5 Å². The van der Waals surface area contributed by atoms with E-state index in [9.17, 15) is 18.4 Å². The van der Waals surface area contributed by atoms with E-state index in [1.807, 2.05) is 0 Å². The molecule has 1 aliphatic carbocycles. The van der Waals surface area contributed by atoms with Gasteiger partial charge in [-0.3, -0.25) is 9.59 Å². The van der Waals surface area contributed by atoms with Crippen LogP contribution in [0.5, 0.6) is 0 Å².